The van der Waals surface area contributed by atoms with E-state index in [1.165, 1.54) is 19.2 Å². The predicted molar refractivity (Wildman–Crippen MR) is 105 cm³/mol. The highest BCUT2D eigenvalue weighted by Gasteiger charge is 2.23. The molecule has 142 valence electrons. The van der Waals surface area contributed by atoms with Gasteiger partial charge >= 0.3 is 0 Å². The molecule has 0 radical (unpaired) electrons. The minimum atomic E-state index is -0.248. The van der Waals surface area contributed by atoms with Crippen molar-refractivity contribution >= 4 is 28.1 Å². The second kappa shape index (κ2) is 6.70. The molecule has 0 atom stereocenters. The molecule has 2 N–H and O–H groups in total. The first-order chi connectivity index (χ1) is 13.7. The second-order valence-corrected chi connectivity index (χ2v) is 7.35. The van der Waals surface area contributed by atoms with Crippen LogP contribution in [0.15, 0.2) is 30.9 Å². The molecule has 8 nitrogen and oxygen atoms in total. The second-order valence-electron chi connectivity index (χ2n) is 7.35. The topological polar surface area (TPSA) is 101 Å². The van der Waals surface area contributed by atoms with Crippen LogP contribution >= 0.6 is 0 Å². The highest BCUT2D eigenvalue weighted by atomic mass is 16.1. The van der Waals surface area contributed by atoms with Crippen LogP contribution in [-0.4, -0.2) is 35.4 Å². The molecule has 3 heterocycles. The van der Waals surface area contributed by atoms with E-state index in [4.69, 9.17) is 0 Å². The Morgan fingerprint density at radius 1 is 1.25 bits per heavy atom. The number of aromatic amines is 1. The minimum absolute atomic E-state index is 0.248. The molecule has 1 aliphatic rings. The third kappa shape index (κ3) is 2.81. The van der Waals surface area contributed by atoms with Crippen LogP contribution in [0.1, 0.15) is 53.5 Å². The van der Waals surface area contributed by atoms with E-state index in [1.807, 2.05) is 29.8 Å². The van der Waals surface area contributed by atoms with E-state index in [0.29, 0.717) is 29.3 Å². The van der Waals surface area contributed by atoms with Gasteiger partial charge in [0.2, 0.25) is 0 Å². The van der Waals surface area contributed by atoms with Crippen molar-refractivity contribution in [2.24, 2.45) is 7.05 Å². The number of aryl methyl sites for hydroxylation is 1. The van der Waals surface area contributed by atoms with E-state index in [-0.39, 0.29) is 5.91 Å². The number of fused-ring (bicyclic) bond motifs is 2. The van der Waals surface area contributed by atoms with Gasteiger partial charge in [-0.15, -0.1) is 0 Å². The number of benzene rings is 1. The van der Waals surface area contributed by atoms with E-state index in [0.717, 1.165) is 35.3 Å². The average molecular weight is 375 g/mol. The molecule has 1 fully saturated rings. The Morgan fingerprint density at radius 3 is 2.96 bits per heavy atom. The zero-order chi connectivity index (χ0) is 19.1. The van der Waals surface area contributed by atoms with Crippen molar-refractivity contribution in [1.29, 1.82) is 0 Å². The van der Waals surface area contributed by atoms with Crippen molar-refractivity contribution in [2.45, 2.75) is 38.1 Å². The van der Waals surface area contributed by atoms with Crippen molar-refractivity contribution in [3.05, 3.63) is 47.9 Å². The Morgan fingerprint density at radius 2 is 2.11 bits per heavy atom. The maximum Gasteiger partial charge on any atom is 0.272 e. The first kappa shape index (κ1) is 16.9. The summed E-state index contributed by atoms with van der Waals surface area (Å²) in [6.07, 6.45) is 7.88. The first-order valence-corrected chi connectivity index (χ1v) is 9.58. The van der Waals surface area contributed by atoms with Gasteiger partial charge < -0.3 is 14.9 Å². The monoisotopic (exact) mass is 375 g/mol. The Bertz CT molecular complexity index is 1170. The summed E-state index contributed by atoms with van der Waals surface area (Å²) in [6.45, 7) is 0.377. The largest absolute Gasteiger partial charge is 0.346 e. The van der Waals surface area contributed by atoms with Gasteiger partial charge in [-0.05, 0) is 24.5 Å². The number of H-pyrrole nitrogens is 1. The number of carbonyl (C=O) groups excluding carboxylic acids is 1. The van der Waals surface area contributed by atoms with E-state index in [2.05, 4.69) is 30.2 Å². The van der Waals surface area contributed by atoms with Gasteiger partial charge in [0.15, 0.2) is 11.3 Å². The van der Waals surface area contributed by atoms with Crippen molar-refractivity contribution < 1.29 is 4.79 Å². The maximum absolute atomic E-state index is 12.8. The van der Waals surface area contributed by atoms with Gasteiger partial charge in [-0.25, -0.2) is 19.9 Å². The van der Waals surface area contributed by atoms with E-state index in [1.54, 1.807) is 6.33 Å². The summed E-state index contributed by atoms with van der Waals surface area (Å²) >= 11 is 0. The number of nitrogens with zero attached hydrogens (tertiary/aromatic N) is 5. The lowest BCUT2D eigenvalue weighted by Gasteiger charge is -2.06. The highest BCUT2D eigenvalue weighted by Crippen LogP contribution is 2.33. The molecule has 1 aromatic carbocycles. The molecule has 1 aliphatic carbocycles. The zero-order valence-corrected chi connectivity index (χ0v) is 15.6. The summed E-state index contributed by atoms with van der Waals surface area (Å²) in [7, 11) is 1.95. The molecule has 0 spiro atoms. The molecular formula is C20H21N7O. The Hall–Kier alpha value is -3.29. The lowest BCUT2D eigenvalue weighted by molar-refractivity contribution is 0.0947. The van der Waals surface area contributed by atoms with Crippen LogP contribution in [0.4, 0.5) is 0 Å². The number of rotatable bonds is 4. The van der Waals surface area contributed by atoms with Gasteiger partial charge in [-0.1, -0.05) is 25.0 Å². The molecule has 0 aliphatic heterocycles. The summed E-state index contributed by atoms with van der Waals surface area (Å²) in [5, 5.41) is 2.96. The fraction of sp³-hybridized carbons (Fsp3) is 0.350. The van der Waals surface area contributed by atoms with E-state index >= 15 is 0 Å². The molecule has 0 unspecified atom stereocenters. The van der Waals surface area contributed by atoms with E-state index in [9.17, 15) is 4.79 Å². The van der Waals surface area contributed by atoms with Crippen LogP contribution in [0.2, 0.25) is 0 Å². The molecule has 0 saturated heterocycles. The van der Waals surface area contributed by atoms with Gasteiger partial charge in [0.25, 0.3) is 5.91 Å². The van der Waals surface area contributed by atoms with Gasteiger partial charge in [0, 0.05) is 19.5 Å². The molecular weight excluding hydrogens is 354 g/mol. The smallest absolute Gasteiger partial charge is 0.272 e. The number of carbonyl (C=O) groups is 1. The number of hydrogen-bond acceptors (Lipinski definition) is 5. The van der Waals surface area contributed by atoms with Crippen LogP contribution in [0.5, 0.6) is 0 Å². The lowest BCUT2D eigenvalue weighted by atomic mass is 10.1. The number of aromatic nitrogens is 6. The van der Waals surface area contributed by atoms with Crippen molar-refractivity contribution in [3.63, 3.8) is 0 Å². The molecule has 1 saturated carbocycles. The third-order valence-corrected chi connectivity index (χ3v) is 5.54. The number of amides is 1. The zero-order valence-electron chi connectivity index (χ0n) is 15.6. The van der Waals surface area contributed by atoms with Crippen LogP contribution < -0.4 is 5.32 Å². The Labute approximate surface area is 161 Å². The molecule has 28 heavy (non-hydrogen) atoms. The minimum Gasteiger partial charge on any atom is -0.346 e. The fourth-order valence-electron chi connectivity index (χ4n) is 4.03. The highest BCUT2D eigenvalue weighted by molar-refractivity contribution is 6.02. The summed E-state index contributed by atoms with van der Waals surface area (Å²) in [5.74, 6) is 1.09. The first-order valence-electron chi connectivity index (χ1n) is 9.58. The van der Waals surface area contributed by atoms with Crippen LogP contribution in [-0.2, 0) is 13.6 Å². The SMILES string of the molecule is Cn1cnc2c(CNC(=O)c3ncnc4nc(C5CCCC5)[nH]c34)cccc21. The maximum atomic E-state index is 12.8. The average Bonchev–Trinajstić information content (AvgIpc) is 3.45. The van der Waals surface area contributed by atoms with Gasteiger partial charge in [-0.2, -0.15) is 0 Å². The number of nitrogens with one attached hydrogen (secondary N) is 2. The molecule has 5 rings (SSSR count). The summed E-state index contributed by atoms with van der Waals surface area (Å²) in [6, 6.07) is 5.95. The summed E-state index contributed by atoms with van der Waals surface area (Å²) < 4.78 is 1.96. The van der Waals surface area contributed by atoms with Crippen LogP contribution in [0.25, 0.3) is 22.2 Å². The van der Waals surface area contributed by atoms with Crippen molar-refractivity contribution in [2.75, 3.05) is 0 Å². The van der Waals surface area contributed by atoms with Crippen LogP contribution in [0, 0.1) is 0 Å². The molecule has 8 heteroatoms. The summed E-state index contributed by atoms with van der Waals surface area (Å²) in [5.41, 5.74) is 4.38. The molecule has 4 aromatic rings. The number of imidazole rings is 2. The van der Waals surface area contributed by atoms with Crippen LogP contribution in [0.3, 0.4) is 0 Å². The lowest BCUT2D eigenvalue weighted by Crippen LogP contribution is -2.24. The van der Waals surface area contributed by atoms with E-state index < -0.39 is 0 Å². The summed E-state index contributed by atoms with van der Waals surface area (Å²) in [4.78, 5) is 33.6. The van der Waals surface area contributed by atoms with Crippen molar-refractivity contribution in [1.82, 2.24) is 34.8 Å². The number of para-hydroxylation sites is 1. The molecule has 1 amide bonds. The van der Waals surface area contributed by atoms with Crippen molar-refractivity contribution in [3.8, 4) is 0 Å². The standard InChI is InChI=1S/C20H21N7O/c1-27-11-24-15-13(7-4-8-14(15)27)9-21-20(28)17-16-19(23-10-22-17)26-18(25-16)12-5-2-3-6-12/h4,7-8,10-12H,2-3,5-6,9H2,1H3,(H,21,28)(H,22,23,25,26). The predicted octanol–water partition coefficient (Wildman–Crippen LogP) is 2.83. The van der Waals surface area contributed by atoms with Gasteiger partial charge in [-0.3, -0.25) is 4.79 Å². The Kier molecular flexibility index (Phi) is 4.03. The normalized spacial score (nSPS) is 14.9. The number of hydrogen-bond donors (Lipinski definition) is 2. The third-order valence-electron chi connectivity index (χ3n) is 5.54. The molecule has 3 aromatic heterocycles. The quantitative estimate of drug-likeness (QED) is 0.571. The van der Waals surface area contributed by atoms with Gasteiger partial charge in [0.05, 0.1) is 17.4 Å². The van der Waals surface area contributed by atoms with Gasteiger partial charge in [0.1, 0.15) is 17.7 Å². The fourth-order valence-corrected chi connectivity index (χ4v) is 4.03. The molecule has 0 bridgehead atoms. The Balaban J connectivity index is 1.41.